The maximum atomic E-state index is 12.6. The predicted octanol–water partition coefficient (Wildman–Crippen LogP) is 5.86. The molecule has 1 aromatic heterocycles. The van der Waals surface area contributed by atoms with Gasteiger partial charge in [0.2, 0.25) is 0 Å². The van der Waals surface area contributed by atoms with Crippen LogP contribution in [0.15, 0.2) is 57.6 Å². The van der Waals surface area contributed by atoms with Crippen molar-refractivity contribution in [3.05, 3.63) is 74.6 Å². The lowest BCUT2D eigenvalue weighted by atomic mass is 10.1. The SMILES string of the molecule is COc1cc(C(=O)Nc2ccc(Cl)cc2)c(Cl)cc1NC(=O)c1ccc(Br)o1. The molecular weight excluding hydrogens is 471 g/mol. The second-order valence-electron chi connectivity index (χ2n) is 5.55. The lowest BCUT2D eigenvalue weighted by molar-refractivity contribution is 0.0993. The Morgan fingerprint density at radius 1 is 1.00 bits per heavy atom. The number of furan rings is 1. The van der Waals surface area contributed by atoms with E-state index in [0.29, 0.717) is 21.1 Å². The molecule has 0 unspecified atom stereocenters. The zero-order chi connectivity index (χ0) is 20.3. The molecule has 0 radical (unpaired) electrons. The Balaban J connectivity index is 1.83. The van der Waals surface area contributed by atoms with Crippen molar-refractivity contribution in [2.75, 3.05) is 17.7 Å². The van der Waals surface area contributed by atoms with Crippen molar-refractivity contribution in [1.82, 2.24) is 0 Å². The molecule has 0 aliphatic rings. The van der Waals surface area contributed by atoms with Crippen molar-refractivity contribution >= 4 is 62.3 Å². The Labute approximate surface area is 178 Å². The van der Waals surface area contributed by atoms with E-state index in [2.05, 4.69) is 26.6 Å². The number of methoxy groups -OCH3 is 1. The molecule has 0 bridgehead atoms. The largest absolute Gasteiger partial charge is 0.495 e. The molecule has 0 spiro atoms. The molecule has 1 heterocycles. The van der Waals surface area contributed by atoms with Gasteiger partial charge in [0.25, 0.3) is 11.8 Å². The van der Waals surface area contributed by atoms with Gasteiger partial charge in [0.05, 0.1) is 23.4 Å². The number of benzene rings is 2. The van der Waals surface area contributed by atoms with E-state index in [1.54, 1.807) is 30.3 Å². The number of amides is 2. The van der Waals surface area contributed by atoms with Gasteiger partial charge in [0.15, 0.2) is 10.4 Å². The Hall–Kier alpha value is -2.48. The molecular formula is C19H13BrCl2N2O4. The van der Waals surface area contributed by atoms with E-state index < -0.39 is 11.8 Å². The monoisotopic (exact) mass is 482 g/mol. The van der Waals surface area contributed by atoms with Crippen LogP contribution >= 0.6 is 39.1 Å². The topological polar surface area (TPSA) is 80.6 Å². The number of anilines is 2. The Morgan fingerprint density at radius 2 is 1.71 bits per heavy atom. The van der Waals surface area contributed by atoms with E-state index in [9.17, 15) is 9.59 Å². The number of carbonyl (C=O) groups excluding carboxylic acids is 2. The quantitative estimate of drug-likeness (QED) is 0.476. The summed E-state index contributed by atoms with van der Waals surface area (Å²) in [6.07, 6.45) is 0. The van der Waals surface area contributed by atoms with E-state index in [1.807, 2.05) is 0 Å². The van der Waals surface area contributed by atoms with Crippen molar-refractivity contribution < 1.29 is 18.7 Å². The second kappa shape index (κ2) is 8.68. The molecule has 0 fully saturated rings. The Kier molecular flexibility index (Phi) is 6.28. The van der Waals surface area contributed by atoms with Crippen molar-refractivity contribution in [1.29, 1.82) is 0 Å². The predicted molar refractivity (Wildman–Crippen MR) is 112 cm³/mol. The van der Waals surface area contributed by atoms with Crippen molar-refractivity contribution in [2.24, 2.45) is 0 Å². The molecule has 3 aromatic rings. The average Bonchev–Trinajstić information content (AvgIpc) is 3.10. The van der Waals surface area contributed by atoms with Crippen LogP contribution in [0.3, 0.4) is 0 Å². The maximum absolute atomic E-state index is 12.6. The number of ether oxygens (including phenoxy) is 1. The minimum atomic E-state index is -0.488. The summed E-state index contributed by atoms with van der Waals surface area (Å²) in [6.45, 7) is 0. The van der Waals surface area contributed by atoms with E-state index in [-0.39, 0.29) is 22.1 Å². The molecule has 2 aromatic carbocycles. The standard InChI is InChI=1S/C19H13BrCl2N2O4/c1-27-16-8-12(18(25)23-11-4-2-10(21)3-5-11)13(22)9-14(16)24-19(26)15-6-7-17(20)28-15/h2-9H,1H3,(H,23,25)(H,24,26). The molecule has 0 aliphatic heterocycles. The van der Waals surface area contributed by atoms with Crippen LogP contribution in [0.1, 0.15) is 20.9 Å². The van der Waals surface area contributed by atoms with Crippen LogP contribution in [0, 0.1) is 0 Å². The first kappa shape index (κ1) is 20.3. The molecule has 2 N–H and O–H groups in total. The van der Waals surface area contributed by atoms with Crippen molar-refractivity contribution in [2.45, 2.75) is 0 Å². The van der Waals surface area contributed by atoms with Gasteiger partial charge in [-0.25, -0.2) is 0 Å². The third kappa shape index (κ3) is 4.67. The van der Waals surface area contributed by atoms with Crippen LogP contribution in [0.25, 0.3) is 0 Å². The summed E-state index contributed by atoms with van der Waals surface area (Å²) in [6, 6.07) is 12.7. The van der Waals surface area contributed by atoms with Gasteiger partial charge in [-0.2, -0.15) is 0 Å². The number of hydrogen-bond acceptors (Lipinski definition) is 4. The molecule has 2 amide bonds. The first-order valence-corrected chi connectivity index (χ1v) is 9.43. The summed E-state index contributed by atoms with van der Waals surface area (Å²) in [5.74, 6) is -0.545. The summed E-state index contributed by atoms with van der Waals surface area (Å²) in [5, 5.41) is 6.06. The van der Waals surface area contributed by atoms with Gasteiger partial charge in [-0.1, -0.05) is 23.2 Å². The highest BCUT2D eigenvalue weighted by atomic mass is 79.9. The normalized spacial score (nSPS) is 10.4. The molecule has 0 saturated carbocycles. The van der Waals surface area contributed by atoms with Crippen LogP contribution < -0.4 is 15.4 Å². The summed E-state index contributed by atoms with van der Waals surface area (Å²) in [5.41, 5.74) is 1.05. The van der Waals surface area contributed by atoms with Gasteiger partial charge in [-0.3, -0.25) is 9.59 Å². The third-order valence-electron chi connectivity index (χ3n) is 3.68. The first-order chi connectivity index (χ1) is 13.4. The molecule has 3 rings (SSSR count). The fourth-order valence-corrected chi connectivity index (χ4v) is 3.03. The fraction of sp³-hybridized carbons (Fsp3) is 0.0526. The van der Waals surface area contributed by atoms with E-state index in [1.165, 1.54) is 25.3 Å². The minimum Gasteiger partial charge on any atom is -0.495 e. The number of hydrogen-bond donors (Lipinski definition) is 2. The van der Waals surface area contributed by atoms with Crippen LogP contribution in [0.4, 0.5) is 11.4 Å². The van der Waals surface area contributed by atoms with E-state index in [0.717, 1.165) is 0 Å². The van der Waals surface area contributed by atoms with Crippen LogP contribution in [0.5, 0.6) is 5.75 Å². The average molecular weight is 484 g/mol. The lowest BCUT2D eigenvalue weighted by Crippen LogP contribution is -2.15. The highest BCUT2D eigenvalue weighted by Gasteiger charge is 2.18. The molecule has 0 aliphatic carbocycles. The summed E-state index contributed by atoms with van der Waals surface area (Å²) < 4.78 is 10.9. The number of carbonyl (C=O) groups is 2. The van der Waals surface area contributed by atoms with Gasteiger partial charge in [0.1, 0.15) is 5.75 Å². The highest BCUT2D eigenvalue weighted by molar-refractivity contribution is 9.10. The van der Waals surface area contributed by atoms with Crippen molar-refractivity contribution in [3.8, 4) is 5.75 Å². The first-order valence-electron chi connectivity index (χ1n) is 7.88. The number of rotatable bonds is 5. The van der Waals surface area contributed by atoms with Gasteiger partial charge in [-0.05, 0) is 64.5 Å². The molecule has 0 saturated heterocycles. The zero-order valence-corrected chi connectivity index (χ0v) is 17.5. The third-order valence-corrected chi connectivity index (χ3v) is 4.67. The van der Waals surface area contributed by atoms with Gasteiger partial charge in [0, 0.05) is 10.7 Å². The summed E-state index contributed by atoms with van der Waals surface area (Å²) in [7, 11) is 1.42. The molecule has 28 heavy (non-hydrogen) atoms. The Morgan fingerprint density at radius 3 is 2.32 bits per heavy atom. The van der Waals surface area contributed by atoms with E-state index in [4.69, 9.17) is 32.4 Å². The highest BCUT2D eigenvalue weighted by Crippen LogP contribution is 2.32. The molecule has 0 atom stereocenters. The molecule has 9 heteroatoms. The van der Waals surface area contributed by atoms with Crippen LogP contribution in [0.2, 0.25) is 10.0 Å². The van der Waals surface area contributed by atoms with Crippen LogP contribution in [-0.4, -0.2) is 18.9 Å². The van der Waals surface area contributed by atoms with Gasteiger partial charge in [-0.15, -0.1) is 0 Å². The molecule has 6 nitrogen and oxygen atoms in total. The summed E-state index contributed by atoms with van der Waals surface area (Å²) >= 11 is 15.2. The van der Waals surface area contributed by atoms with Gasteiger partial charge >= 0.3 is 0 Å². The summed E-state index contributed by atoms with van der Waals surface area (Å²) in [4.78, 5) is 24.8. The van der Waals surface area contributed by atoms with Crippen molar-refractivity contribution in [3.63, 3.8) is 0 Å². The second-order valence-corrected chi connectivity index (χ2v) is 7.18. The minimum absolute atomic E-state index is 0.106. The number of halogens is 3. The number of nitrogens with one attached hydrogen (secondary N) is 2. The fourth-order valence-electron chi connectivity index (χ4n) is 2.35. The lowest BCUT2D eigenvalue weighted by Gasteiger charge is -2.13. The zero-order valence-electron chi connectivity index (χ0n) is 14.4. The van der Waals surface area contributed by atoms with E-state index >= 15 is 0 Å². The van der Waals surface area contributed by atoms with Crippen LogP contribution in [-0.2, 0) is 0 Å². The maximum Gasteiger partial charge on any atom is 0.291 e. The van der Waals surface area contributed by atoms with Gasteiger partial charge < -0.3 is 19.8 Å². The Bertz CT molecular complexity index is 1030. The smallest absolute Gasteiger partial charge is 0.291 e. The molecule has 144 valence electrons.